The van der Waals surface area contributed by atoms with Gasteiger partial charge in [0.15, 0.2) is 5.17 Å². The van der Waals surface area contributed by atoms with Gasteiger partial charge in [-0.2, -0.15) is 5.10 Å². The van der Waals surface area contributed by atoms with Gasteiger partial charge in [-0.3, -0.25) is 14.6 Å². The second-order valence-electron chi connectivity index (χ2n) is 6.82. The van der Waals surface area contributed by atoms with Crippen molar-refractivity contribution in [2.45, 2.75) is 11.7 Å². The highest BCUT2D eigenvalue weighted by molar-refractivity contribution is 8.14. The van der Waals surface area contributed by atoms with Crippen LogP contribution < -0.4 is 15.7 Å². The van der Waals surface area contributed by atoms with Gasteiger partial charge >= 0.3 is 0 Å². The summed E-state index contributed by atoms with van der Waals surface area (Å²) in [5.41, 5.74) is 7.58. The highest BCUT2D eigenvalue weighted by Gasteiger charge is 2.40. The molecular weight excluding hydrogens is 430 g/mol. The van der Waals surface area contributed by atoms with Crippen LogP contribution in [-0.2, 0) is 9.59 Å². The second-order valence-corrected chi connectivity index (χ2v) is 8.04. The lowest BCUT2D eigenvalue weighted by molar-refractivity contribution is -0.255. The molecule has 2 heterocycles. The van der Waals surface area contributed by atoms with E-state index in [1.807, 2.05) is 24.3 Å². The SMILES string of the molecule is NC(=N/N=C\c1ccnc2ccccc12)S[C@H]1CC(=O)N(c2cccc(C(=O)[O-])c2)C1=O. The minimum absolute atomic E-state index is 0.0242. The fourth-order valence-corrected chi connectivity index (χ4v) is 4.11. The number of amidine groups is 1. The number of rotatable bonds is 5. The maximum atomic E-state index is 12.7. The third-order valence-corrected chi connectivity index (χ3v) is 5.72. The molecule has 4 rings (SSSR count). The topological polar surface area (TPSA) is 141 Å². The summed E-state index contributed by atoms with van der Waals surface area (Å²) >= 11 is 0.928. The number of carboxylic acids is 1. The Kier molecular flexibility index (Phi) is 5.95. The molecular formula is C22H16N5O4S-. The molecule has 0 saturated carbocycles. The predicted octanol–water partition coefficient (Wildman–Crippen LogP) is 1.31. The van der Waals surface area contributed by atoms with Crippen molar-refractivity contribution in [2.75, 3.05) is 4.90 Å². The number of carbonyl (C=O) groups excluding carboxylic acids is 3. The molecule has 0 unspecified atom stereocenters. The average molecular weight is 446 g/mol. The first kappa shape index (κ1) is 21.2. The first-order valence-corrected chi connectivity index (χ1v) is 10.4. The van der Waals surface area contributed by atoms with Crippen molar-refractivity contribution in [3.05, 3.63) is 71.9 Å². The molecule has 1 aromatic heterocycles. The van der Waals surface area contributed by atoms with Gasteiger partial charge in [0, 0.05) is 23.6 Å². The first-order chi connectivity index (χ1) is 15.4. The van der Waals surface area contributed by atoms with Crippen LogP contribution in [0, 0.1) is 0 Å². The van der Waals surface area contributed by atoms with E-state index >= 15 is 0 Å². The monoisotopic (exact) mass is 446 g/mol. The van der Waals surface area contributed by atoms with Gasteiger partial charge in [0.2, 0.25) is 11.8 Å². The van der Waals surface area contributed by atoms with Crippen LogP contribution in [0.1, 0.15) is 22.3 Å². The van der Waals surface area contributed by atoms with E-state index in [1.165, 1.54) is 30.5 Å². The minimum Gasteiger partial charge on any atom is -0.545 e. The van der Waals surface area contributed by atoms with Crippen molar-refractivity contribution in [3.8, 4) is 0 Å². The Morgan fingerprint density at radius 2 is 2.00 bits per heavy atom. The summed E-state index contributed by atoms with van der Waals surface area (Å²) in [6.07, 6.45) is 3.11. The zero-order valence-corrected chi connectivity index (χ0v) is 17.4. The van der Waals surface area contributed by atoms with E-state index in [1.54, 1.807) is 12.3 Å². The zero-order valence-electron chi connectivity index (χ0n) is 16.5. The summed E-state index contributed by atoms with van der Waals surface area (Å²) in [6.45, 7) is 0. The van der Waals surface area contributed by atoms with Crippen LogP contribution in [0.5, 0.6) is 0 Å². The molecule has 160 valence electrons. The molecule has 2 amide bonds. The predicted molar refractivity (Wildman–Crippen MR) is 120 cm³/mol. The maximum Gasteiger partial charge on any atom is 0.247 e. The van der Waals surface area contributed by atoms with E-state index in [9.17, 15) is 19.5 Å². The fraction of sp³-hybridized carbons (Fsp3) is 0.0909. The average Bonchev–Trinajstić information content (AvgIpc) is 3.06. The normalized spacial score (nSPS) is 16.9. The van der Waals surface area contributed by atoms with Gasteiger partial charge in [-0.15, -0.1) is 5.10 Å². The highest BCUT2D eigenvalue weighted by atomic mass is 32.2. The van der Waals surface area contributed by atoms with Gasteiger partial charge in [-0.25, -0.2) is 4.90 Å². The molecule has 1 atom stereocenters. The van der Waals surface area contributed by atoms with E-state index in [-0.39, 0.29) is 22.8 Å². The Morgan fingerprint density at radius 1 is 1.19 bits per heavy atom. The Balaban J connectivity index is 1.47. The number of carbonyl (C=O) groups is 3. The van der Waals surface area contributed by atoms with E-state index < -0.39 is 23.0 Å². The number of anilines is 1. The number of benzene rings is 2. The molecule has 1 aliphatic heterocycles. The number of fused-ring (bicyclic) bond motifs is 1. The number of hydrogen-bond acceptors (Lipinski definition) is 8. The third kappa shape index (κ3) is 4.35. The Hall–Kier alpha value is -4.05. The quantitative estimate of drug-likeness (QED) is 0.270. The smallest absolute Gasteiger partial charge is 0.247 e. The standard InChI is InChI=1S/C22H17N5O4S/c23-22(26-25-12-14-8-9-24-17-7-2-1-6-16(14)17)32-18-11-19(28)27(20(18)29)15-5-3-4-13(10-15)21(30)31/h1-10,12,18H,11H2,(H2,23,26)(H,30,31)/p-1/b25-12-/t18-/m0/s1. The van der Waals surface area contributed by atoms with Crippen molar-refractivity contribution < 1.29 is 19.5 Å². The minimum atomic E-state index is -1.40. The number of amides is 2. The zero-order chi connectivity index (χ0) is 22.7. The first-order valence-electron chi connectivity index (χ1n) is 9.49. The molecule has 2 N–H and O–H groups in total. The number of hydrogen-bond donors (Lipinski definition) is 1. The molecule has 1 fully saturated rings. The molecule has 2 aromatic carbocycles. The van der Waals surface area contributed by atoms with E-state index in [2.05, 4.69) is 15.2 Å². The maximum absolute atomic E-state index is 12.7. The van der Waals surface area contributed by atoms with Crippen molar-refractivity contribution in [1.29, 1.82) is 0 Å². The number of nitrogens with zero attached hydrogens (tertiary/aromatic N) is 4. The van der Waals surface area contributed by atoms with Crippen LogP contribution in [-0.4, -0.2) is 39.4 Å². The Morgan fingerprint density at radius 3 is 2.81 bits per heavy atom. The van der Waals surface area contributed by atoms with Gasteiger partial charge < -0.3 is 15.6 Å². The number of aromatic nitrogens is 1. The summed E-state index contributed by atoms with van der Waals surface area (Å²) < 4.78 is 0. The summed E-state index contributed by atoms with van der Waals surface area (Å²) in [5, 5.41) is 19.1. The number of aromatic carboxylic acids is 1. The Bertz CT molecular complexity index is 1280. The lowest BCUT2D eigenvalue weighted by Gasteiger charge is -2.16. The molecule has 10 heteroatoms. The van der Waals surface area contributed by atoms with Gasteiger partial charge in [-0.05, 0) is 29.8 Å². The lowest BCUT2D eigenvalue weighted by Crippen LogP contribution is -2.32. The third-order valence-electron chi connectivity index (χ3n) is 4.74. The molecule has 9 nitrogen and oxygen atoms in total. The molecule has 0 bridgehead atoms. The Labute approximate surface area is 186 Å². The van der Waals surface area contributed by atoms with Crippen LogP contribution in [0.2, 0.25) is 0 Å². The van der Waals surface area contributed by atoms with E-state index in [0.29, 0.717) is 0 Å². The summed E-state index contributed by atoms with van der Waals surface area (Å²) in [6, 6.07) is 14.8. The molecule has 32 heavy (non-hydrogen) atoms. The van der Waals surface area contributed by atoms with E-state index in [4.69, 9.17) is 5.73 Å². The summed E-state index contributed by atoms with van der Waals surface area (Å²) in [5.74, 6) is -2.35. The summed E-state index contributed by atoms with van der Waals surface area (Å²) in [4.78, 5) is 41.4. The number of carboxylic acid groups (broad SMARTS) is 1. The van der Waals surface area contributed by atoms with Crippen molar-refractivity contribution in [2.24, 2.45) is 15.9 Å². The molecule has 0 spiro atoms. The molecule has 3 aromatic rings. The second kappa shape index (κ2) is 8.98. The van der Waals surface area contributed by atoms with Gasteiger partial charge in [0.1, 0.15) is 5.25 Å². The van der Waals surface area contributed by atoms with Gasteiger partial charge in [0.25, 0.3) is 0 Å². The molecule has 1 saturated heterocycles. The van der Waals surface area contributed by atoms with Crippen LogP contribution in [0.25, 0.3) is 10.9 Å². The molecule has 0 radical (unpaired) electrons. The van der Waals surface area contributed by atoms with Crippen molar-refractivity contribution in [1.82, 2.24) is 4.98 Å². The van der Waals surface area contributed by atoms with Gasteiger partial charge in [-0.1, -0.05) is 42.1 Å². The number of para-hydroxylation sites is 1. The number of nitrogens with two attached hydrogens (primary N) is 1. The van der Waals surface area contributed by atoms with Gasteiger partial charge in [0.05, 0.1) is 23.4 Å². The number of imide groups is 1. The summed E-state index contributed by atoms with van der Waals surface area (Å²) in [7, 11) is 0. The van der Waals surface area contributed by atoms with Crippen molar-refractivity contribution in [3.63, 3.8) is 0 Å². The number of pyridine rings is 1. The molecule has 0 aliphatic carbocycles. The van der Waals surface area contributed by atoms with Crippen LogP contribution in [0.3, 0.4) is 0 Å². The van der Waals surface area contributed by atoms with Crippen molar-refractivity contribution >= 4 is 57.5 Å². The largest absolute Gasteiger partial charge is 0.545 e. The highest BCUT2D eigenvalue weighted by Crippen LogP contribution is 2.30. The van der Waals surface area contributed by atoms with Crippen LogP contribution >= 0.6 is 11.8 Å². The van der Waals surface area contributed by atoms with E-state index in [0.717, 1.165) is 33.1 Å². The van der Waals surface area contributed by atoms with Crippen LogP contribution in [0.4, 0.5) is 5.69 Å². The lowest BCUT2D eigenvalue weighted by atomic mass is 10.1. The van der Waals surface area contributed by atoms with Crippen LogP contribution in [0.15, 0.2) is 71.0 Å². The fourth-order valence-electron chi connectivity index (χ4n) is 3.29. The molecule has 1 aliphatic rings. The number of thioether (sulfide) groups is 1.